The molecule has 1 fully saturated rings. The molecule has 0 radical (unpaired) electrons. The van der Waals surface area contributed by atoms with Gasteiger partial charge >= 0.3 is 0 Å². The van der Waals surface area contributed by atoms with E-state index in [0.717, 1.165) is 22.8 Å². The molecule has 3 rings (SSSR count). The third-order valence-corrected chi connectivity index (χ3v) is 3.66. The first-order valence-corrected chi connectivity index (χ1v) is 6.26. The maximum Gasteiger partial charge on any atom is 0.169 e. The Morgan fingerprint density at radius 3 is 3.06 bits per heavy atom. The zero-order valence-corrected chi connectivity index (χ0v) is 10.3. The highest BCUT2D eigenvalue weighted by Crippen LogP contribution is 2.27. The minimum atomic E-state index is -0.0178. The molecule has 1 saturated heterocycles. The molecule has 18 heavy (non-hydrogen) atoms. The number of benzene rings is 1. The van der Waals surface area contributed by atoms with Crippen LogP contribution in [0.25, 0.3) is 10.8 Å². The molecule has 2 aromatic rings. The standard InChI is InChI=1S/C15H15NO2/c1-10-12(6-8-18-10)15(17)13-4-2-3-11-5-7-16-9-14(11)13/h2-5,7,9-10,12H,6,8H2,1H3. The molecule has 0 aliphatic carbocycles. The summed E-state index contributed by atoms with van der Waals surface area (Å²) in [7, 11) is 0. The molecule has 1 aromatic carbocycles. The average molecular weight is 241 g/mol. The summed E-state index contributed by atoms with van der Waals surface area (Å²) in [6.45, 7) is 2.65. The number of nitrogens with zero attached hydrogens (tertiary/aromatic N) is 1. The van der Waals surface area contributed by atoms with E-state index in [2.05, 4.69) is 4.98 Å². The molecule has 0 spiro atoms. The normalized spacial score (nSPS) is 23.4. The van der Waals surface area contributed by atoms with Crippen LogP contribution in [0.1, 0.15) is 23.7 Å². The number of Topliss-reactive ketones (excluding diaryl/α,β-unsaturated/α-hetero) is 1. The van der Waals surface area contributed by atoms with E-state index in [4.69, 9.17) is 4.74 Å². The van der Waals surface area contributed by atoms with E-state index in [9.17, 15) is 4.79 Å². The fourth-order valence-electron chi connectivity index (χ4n) is 2.60. The van der Waals surface area contributed by atoms with Gasteiger partial charge in [-0.15, -0.1) is 0 Å². The van der Waals surface area contributed by atoms with Crippen LogP contribution in [-0.4, -0.2) is 23.5 Å². The first-order chi connectivity index (χ1) is 8.77. The van der Waals surface area contributed by atoms with Crippen molar-refractivity contribution in [3.8, 4) is 0 Å². The summed E-state index contributed by atoms with van der Waals surface area (Å²) in [5.41, 5.74) is 0.767. The van der Waals surface area contributed by atoms with Crippen molar-refractivity contribution in [3.63, 3.8) is 0 Å². The molecule has 3 nitrogen and oxygen atoms in total. The smallest absolute Gasteiger partial charge is 0.169 e. The molecule has 2 heterocycles. The second-order valence-electron chi connectivity index (χ2n) is 4.74. The second kappa shape index (κ2) is 4.50. The molecule has 3 heteroatoms. The third kappa shape index (κ3) is 1.81. The van der Waals surface area contributed by atoms with Crippen LogP contribution in [0.5, 0.6) is 0 Å². The van der Waals surface area contributed by atoms with Crippen LogP contribution in [0.3, 0.4) is 0 Å². The van der Waals surface area contributed by atoms with Gasteiger partial charge in [0.05, 0.1) is 12.0 Å². The molecule has 1 aliphatic rings. The molecule has 0 amide bonds. The summed E-state index contributed by atoms with van der Waals surface area (Å²) in [6.07, 6.45) is 4.35. The van der Waals surface area contributed by atoms with Crippen molar-refractivity contribution in [1.82, 2.24) is 4.98 Å². The van der Waals surface area contributed by atoms with Gasteiger partial charge in [0, 0.05) is 30.0 Å². The van der Waals surface area contributed by atoms with E-state index in [-0.39, 0.29) is 17.8 Å². The van der Waals surface area contributed by atoms with Gasteiger partial charge in [-0.05, 0) is 24.8 Å². The molecule has 0 saturated carbocycles. The molecular formula is C15H15NO2. The largest absolute Gasteiger partial charge is 0.378 e. The summed E-state index contributed by atoms with van der Waals surface area (Å²) >= 11 is 0. The lowest BCUT2D eigenvalue weighted by atomic mass is 9.90. The topological polar surface area (TPSA) is 39.2 Å². The van der Waals surface area contributed by atoms with Crippen LogP contribution in [-0.2, 0) is 4.74 Å². The van der Waals surface area contributed by atoms with E-state index in [1.165, 1.54) is 0 Å². The van der Waals surface area contributed by atoms with Crippen molar-refractivity contribution in [2.45, 2.75) is 19.4 Å². The van der Waals surface area contributed by atoms with E-state index < -0.39 is 0 Å². The van der Waals surface area contributed by atoms with E-state index in [1.54, 1.807) is 12.4 Å². The van der Waals surface area contributed by atoms with Crippen LogP contribution >= 0.6 is 0 Å². The fraction of sp³-hybridized carbons (Fsp3) is 0.333. The van der Waals surface area contributed by atoms with E-state index in [0.29, 0.717) is 6.61 Å². The number of carbonyl (C=O) groups is 1. The SMILES string of the molecule is CC1OCCC1C(=O)c1cccc2ccncc12. The number of hydrogen-bond acceptors (Lipinski definition) is 3. The summed E-state index contributed by atoms with van der Waals surface area (Å²) in [6, 6.07) is 7.75. The summed E-state index contributed by atoms with van der Waals surface area (Å²) in [4.78, 5) is 16.7. The first kappa shape index (κ1) is 11.4. The molecular weight excluding hydrogens is 226 g/mol. The monoisotopic (exact) mass is 241 g/mol. The Bertz CT molecular complexity index is 589. The van der Waals surface area contributed by atoms with Crippen molar-refractivity contribution in [3.05, 3.63) is 42.2 Å². The highest BCUT2D eigenvalue weighted by molar-refractivity contribution is 6.09. The predicted molar refractivity (Wildman–Crippen MR) is 69.6 cm³/mol. The van der Waals surface area contributed by atoms with E-state index in [1.807, 2.05) is 31.2 Å². The molecule has 2 atom stereocenters. The van der Waals surface area contributed by atoms with Crippen LogP contribution < -0.4 is 0 Å². The zero-order valence-electron chi connectivity index (χ0n) is 10.3. The highest BCUT2D eigenvalue weighted by atomic mass is 16.5. The third-order valence-electron chi connectivity index (χ3n) is 3.66. The Kier molecular flexibility index (Phi) is 2.84. The van der Waals surface area contributed by atoms with Gasteiger partial charge in [0.25, 0.3) is 0 Å². The van der Waals surface area contributed by atoms with Gasteiger partial charge in [0.1, 0.15) is 0 Å². The highest BCUT2D eigenvalue weighted by Gasteiger charge is 2.31. The number of ether oxygens (including phenoxy) is 1. The first-order valence-electron chi connectivity index (χ1n) is 6.26. The number of rotatable bonds is 2. The van der Waals surface area contributed by atoms with Gasteiger partial charge in [-0.3, -0.25) is 9.78 Å². The Balaban J connectivity index is 2.06. The summed E-state index contributed by atoms with van der Waals surface area (Å²) < 4.78 is 5.48. The van der Waals surface area contributed by atoms with Gasteiger partial charge < -0.3 is 4.74 Å². The Labute approximate surface area is 106 Å². The Morgan fingerprint density at radius 2 is 2.28 bits per heavy atom. The van der Waals surface area contributed by atoms with Crippen molar-refractivity contribution in [1.29, 1.82) is 0 Å². The lowest BCUT2D eigenvalue weighted by Crippen LogP contribution is -2.21. The van der Waals surface area contributed by atoms with Crippen molar-refractivity contribution in [2.24, 2.45) is 5.92 Å². The average Bonchev–Trinajstić information content (AvgIpc) is 2.83. The number of hydrogen-bond donors (Lipinski definition) is 0. The minimum absolute atomic E-state index is 0.0178. The van der Waals surface area contributed by atoms with Crippen LogP contribution in [0.2, 0.25) is 0 Å². The number of fused-ring (bicyclic) bond motifs is 1. The lowest BCUT2D eigenvalue weighted by Gasteiger charge is -2.14. The lowest BCUT2D eigenvalue weighted by molar-refractivity contribution is 0.0766. The Hall–Kier alpha value is -1.74. The van der Waals surface area contributed by atoms with Crippen LogP contribution in [0.4, 0.5) is 0 Å². The number of ketones is 1. The minimum Gasteiger partial charge on any atom is -0.378 e. The Morgan fingerprint density at radius 1 is 1.39 bits per heavy atom. The second-order valence-corrected chi connectivity index (χ2v) is 4.74. The van der Waals surface area contributed by atoms with Gasteiger partial charge in [-0.1, -0.05) is 18.2 Å². The number of aromatic nitrogens is 1. The van der Waals surface area contributed by atoms with E-state index >= 15 is 0 Å². The molecule has 92 valence electrons. The van der Waals surface area contributed by atoms with Gasteiger partial charge in [0.2, 0.25) is 0 Å². The van der Waals surface area contributed by atoms with Gasteiger partial charge in [0.15, 0.2) is 5.78 Å². The fourth-order valence-corrected chi connectivity index (χ4v) is 2.60. The van der Waals surface area contributed by atoms with Crippen molar-refractivity contribution < 1.29 is 9.53 Å². The van der Waals surface area contributed by atoms with Crippen LogP contribution in [0.15, 0.2) is 36.7 Å². The number of pyridine rings is 1. The molecule has 0 bridgehead atoms. The van der Waals surface area contributed by atoms with Gasteiger partial charge in [-0.25, -0.2) is 0 Å². The van der Waals surface area contributed by atoms with Crippen molar-refractivity contribution in [2.75, 3.05) is 6.61 Å². The quantitative estimate of drug-likeness (QED) is 0.759. The van der Waals surface area contributed by atoms with Crippen molar-refractivity contribution >= 4 is 16.6 Å². The zero-order chi connectivity index (χ0) is 12.5. The maximum atomic E-state index is 12.6. The predicted octanol–water partition coefficient (Wildman–Crippen LogP) is 2.84. The molecule has 1 aliphatic heterocycles. The molecule has 2 unspecified atom stereocenters. The molecule has 1 aromatic heterocycles. The molecule has 0 N–H and O–H groups in total. The summed E-state index contributed by atoms with van der Waals surface area (Å²) in [5.74, 6) is 0.161. The number of carbonyl (C=O) groups excluding carboxylic acids is 1. The summed E-state index contributed by atoms with van der Waals surface area (Å²) in [5, 5.41) is 1.99. The maximum absolute atomic E-state index is 12.6. The van der Waals surface area contributed by atoms with Crippen LogP contribution in [0, 0.1) is 5.92 Å². The van der Waals surface area contributed by atoms with Gasteiger partial charge in [-0.2, -0.15) is 0 Å².